The van der Waals surface area contributed by atoms with Crippen LogP contribution < -0.4 is 16.0 Å². The first-order valence-electron chi connectivity index (χ1n) is 24.9. The zero-order valence-corrected chi connectivity index (χ0v) is 39.2. The molecule has 2 saturated heterocycles. The fraction of sp³-hybridized carbons (Fsp3) is 0.362. The van der Waals surface area contributed by atoms with E-state index in [1.165, 1.54) is 5.56 Å². The highest BCUT2D eigenvalue weighted by molar-refractivity contribution is 6.01. The van der Waals surface area contributed by atoms with E-state index in [-0.39, 0.29) is 97.5 Å². The fourth-order valence-corrected chi connectivity index (χ4v) is 11.3. The van der Waals surface area contributed by atoms with Crippen molar-refractivity contribution < 1.29 is 28.8 Å². The largest absolute Gasteiger partial charge is 0.352 e. The first-order valence-corrected chi connectivity index (χ1v) is 24.9. The molecule has 6 amide bonds. The molecule has 0 bridgehead atoms. The Labute approximate surface area is 408 Å². The molecule has 12 nitrogen and oxygen atoms in total. The summed E-state index contributed by atoms with van der Waals surface area (Å²) < 4.78 is 0. The van der Waals surface area contributed by atoms with Gasteiger partial charge in [-0.2, -0.15) is 0 Å². The number of carbonyl (C=O) groups is 6. The standard InChI is InChI=1S/C58H58N6O6/c1-58(57(70)62-51-29-45(51)38-20-12-5-13-21-38)34-64(33-48(58)54(67)61-50-28-44(50)37-18-10-4-11-19-37)56(69)40-24-22-39(23-25-40)55(68)63-31-46(52(65)59-30-41-26-42(41)35-14-6-2-7-15-35)47(32-63)53(66)60-49-27-43(49)36-16-8-3-9-17-36/h2-25,30,41-51H,26-29,31-34H2,1H3,(H,60,66)(H,61,67)(H,62,70)/b59-30+/t41?,42-,43-,44-,45-,46-,47-,48+,49+,50+,51+,58+/m1/s1. The molecule has 0 radical (unpaired) electrons. The van der Waals surface area contributed by atoms with Gasteiger partial charge in [-0.15, -0.1) is 0 Å². The van der Waals surface area contributed by atoms with Gasteiger partial charge in [-0.3, -0.25) is 28.8 Å². The topological polar surface area (TPSA) is 157 Å². The monoisotopic (exact) mass is 934 g/mol. The summed E-state index contributed by atoms with van der Waals surface area (Å²) in [5, 5.41) is 9.62. The molecule has 0 spiro atoms. The second-order valence-electron chi connectivity index (χ2n) is 20.8. The normalized spacial score (nSPS) is 30.3. The molecule has 5 aromatic carbocycles. The summed E-state index contributed by atoms with van der Waals surface area (Å²) in [4.78, 5) is 92.5. The second-order valence-corrected chi connectivity index (χ2v) is 20.8. The van der Waals surface area contributed by atoms with Gasteiger partial charge in [-0.1, -0.05) is 121 Å². The maximum Gasteiger partial charge on any atom is 0.253 e. The molecule has 4 saturated carbocycles. The van der Waals surface area contributed by atoms with Crippen LogP contribution in [0, 0.1) is 29.1 Å². The molecule has 6 aliphatic rings. The molecule has 2 heterocycles. The summed E-state index contributed by atoms with van der Waals surface area (Å²) in [6, 6.07) is 46.5. The maximum absolute atomic E-state index is 14.3. The van der Waals surface area contributed by atoms with Gasteiger partial charge in [0.25, 0.3) is 17.7 Å². The second kappa shape index (κ2) is 18.6. The van der Waals surface area contributed by atoms with Crippen molar-refractivity contribution in [2.45, 2.75) is 74.4 Å². The molecular formula is C58H58N6O6. The average Bonchev–Trinajstić information content (AvgIpc) is 4.29. The number of nitrogens with one attached hydrogen (secondary N) is 3. The highest BCUT2D eigenvalue weighted by atomic mass is 16.2. The SMILES string of the molecule is C[C@]1(C(=O)N[C@H]2C[C@@H]2c2ccccc2)CN(C(=O)c2ccc(C(=O)N3C[C@@H](C(=O)/N=C/C4C[C@@H]4c4ccccc4)[C@H](C(=O)N[C@H]4C[C@@H]4c4ccccc4)C3)cc2)C[C@H]1C(=O)N[C@H]1C[C@@H]1c1ccccc1. The Morgan fingerprint density at radius 3 is 1.43 bits per heavy atom. The Morgan fingerprint density at radius 2 is 0.929 bits per heavy atom. The van der Waals surface area contributed by atoms with Crippen LogP contribution in [-0.4, -0.2) is 95.8 Å². The zero-order valence-electron chi connectivity index (χ0n) is 39.2. The maximum atomic E-state index is 14.3. The minimum Gasteiger partial charge on any atom is -0.352 e. The molecule has 6 fully saturated rings. The Bertz CT molecular complexity index is 2830. The Morgan fingerprint density at radius 1 is 0.500 bits per heavy atom. The summed E-state index contributed by atoms with van der Waals surface area (Å²) in [5.74, 6) is -3.24. The lowest BCUT2D eigenvalue weighted by molar-refractivity contribution is -0.138. The van der Waals surface area contributed by atoms with E-state index in [1.807, 2.05) is 72.8 Å². The third-order valence-electron chi connectivity index (χ3n) is 15.9. The molecule has 4 aliphatic carbocycles. The van der Waals surface area contributed by atoms with E-state index in [1.54, 1.807) is 47.2 Å². The molecule has 5 aromatic rings. The molecule has 12 heteroatoms. The van der Waals surface area contributed by atoms with Crippen LogP contribution in [-0.2, 0) is 19.2 Å². The van der Waals surface area contributed by atoms with Gasteiger partial charge in [-0.05, 0) is 85.0 Å². The van der Waals surface area contributed by atoms with Crippen molar-refractivity contribution in [2.24, 2.45) is 34.1 Å². The molecule has 2 aliphatic heterocycles. The van der Waals surface area contributed by atoms with Crippen LogP contribution in [0.5, 0.6) is 0 Å². The van der Waals surface area contributed by atoms with Gasteiger partial charge < -0.3 is 25.8 Å². The summed E-state index contributed by atoms with van der Waals surface area (Å²) in [7, 11) is 0. The number of amides is 6. The van der Waals surface area contributed by atoms with E-state index in [4.69, 9.17) is 0 Å². The quantitative estimate of drug-likeness (QED) is 0.103. The van der Waals surface area contributed by atoms with E-state index < -0.39 is 29.1 Å². The number of carbonyl (C=O) groups excluding carboxylic acids is 6. The van der Waals surface area contributed by atoms with Crippen molar-refractivity contribution in [2.75, 3.05) is 26.2 Å². The first kappa shape index (κ1) is 45.2. The molecule has 3 N–H and O–H groups in total. The van der Waals surface area contributed by atoms with Crippen LogP contribution >= 0.6 is 0 Å². The lowest BCUT2D eigenvalue weighted by atomic mass is 9.78. The van der Waals surface area contributed by atoms with Crippen LogP contribution in [0.15, 0.2) is 151 Å². The van der Waals surface area contributed by atoms with Crippen molar-refractivity contribution in [3.63, 3.8) is 0 Å². The number of rotatable bonds is 14. The van der Waals surface area contributed by atoms with Gasteiger partial charge in [0.15, 0.2) is 0 Å². The molecule has 1 unspecified atom stereocenters. The summed E-state index contributed by atoms with van der Waals surface area (Å²) >= 11 is 0. The minimum atomic E-state index is -1.20. The van der Waals surface area contributed by atoms with Gasteiger partial charge in [0.1, 0.15) is 0 Å². The van der Waals surface area contributed by atoms with Crippen molar-refractivity contribution in [3.05, 3.63) is 179 Å². The molecule has 70 heavy (non-hydrogen) atoms. The highest BCUT2D eigenvalue weighted by Crippen LogP contribution is 2.47. The summed E-state index contributed by atoms with van der Waals surface area (Å²) in [6.45, 7) is 1.97. The molecule has 356 valence electrons. The van der Waals surface area contributed by atoms with Gasteiger partial charge in [-0.25, -0.2) is 4.99 Å². The molecule has 11 rings (SSSR count). The highest BCUT2D eigenvalue weighted by Gasteiger charge is 2.56. The minimum absolute atomic E-state index is 0.0329. The van der Waals surface area contributed by atoms with Crippen molar-refractivity contribution in [3.8, 4) is 0 Å². The van der Waals surface area contributed by atoms with Gasteiger partial charge >= 0.3 is 0 Å². The van der Waals surface area contributed by atoms with E-state index in [0.717, 1.165) is 42.4 Å². The van der Waals surface area contributed by atoms with Crippen molar-refractivity contribution in [1.29, 1.82) is 0 Å². The van der Waals surface area contributed by atoms with Gasteiger partial charge in [0.05, 0.1) is 23.2 Å². The number of hydrogen-bond donors (Lipinski definition) is 3. The van der Waals surface area contributed by atoms with E-state index in [9.17, 15) is 28.8 Å². The number of aliphatic imine (C=N–C) groups is 1. The van der Waals surface area contributed by atoms with Crippen LogP contribution in [0.25, 0.3) is 0 Å². The Kier molecular flexibility index (Phi) is 12.0. The Balaban J connectivity index is 0.768. The third-order valence-corrected chi connectivity index (χ3v) is 15.9. The Hall–Kier alpha value is -7.21. The lowest BCUT2D eigenvalue weighted by Gasteiger charge is -2.28. The predicted octanol–water partition coefficient (Wildman–Crippen LogP) is 6.87. The smallest absolute Gasteiger partial charge is 0.253 e. The zero-order chi connectivity index (χ0) is 48.1. The van der Waals surface area contributed by atoms with E-state index >= 15 is 0 Å². The number of benzene rings is 5. The number of hydrogen-bond acceptors (Lipinski definition) is 6. The van der Waals surface area contributed by atoms with E-state index in [0.29, 0.717) is 17.0 Å². The van der Waals surface area contributed by atoms with Gasteiger partial charge in [0.2, 0.25) is 17.7 Å². The summed E-state index contributed by atoms with van der Waals surface area (Å²) in [6.07, 6.45) is 5.03. The lowest BCUT2D eigenvalue weighted by Crippen LogP contribution is -2.50. The van der Waals surface area contributed by atoms with Gasteiger partial charge in [0, 0.05) is 85.3 Å². The molecular weight excluding hydrogens is 877 g/mol. The predicted molar refractivity (Wildman–Crippen MR) is 265 cm³/mol. The van der Waals surface area contributed by atoms with E-state index in [2.05, 4.69) is 69.5 Å². The fourth-order valence-electron chi connectivity index (χ4n) is 11.3. The average molecular weight is 935 g/mol. The third kappa shape index (κ3) is 9.31. The van der Waals surface area contributed by atoms with Crippen LogP contribution in [0.3, 0.4) is 0 Å². The molecule has 12 atom stereocenters. The number of nitrogens with zero attached hydrogens (tertiary/aromatic N) is 3. The number of likely N-dealkylation sites (tertiary alicyclic amines) is 2. The van der Waals surface area contributed by atoms with Crippen LogP contribution in [0.2, 0.25) is 0 Å². The van der Waals surface area contributed by atoms with Crippen LogP contribution in [0.4, 0.5) is 0 Å². The van der Waals surface area contributed by atoms with Crippen molar-refractivity contribution in [1.82, 2.24) is 25.8 Å². The van der Waals surface area contributed by atoms with Crippen LogP contribution in [0.1, 0.15) is 99.2 Å². The summed E-state index contributed by atoms with van der Waals surface area (Å²) in [5.41, 5.74) is 4.09. The molecule has 0 aromatic heterocycles. The first-order chi connectivity index (χ1) is 34.0. The van der Waals surface area contributed by atoms with Crippen molar-refractivity contribution >= 4 is 41.7 Å².